The molecule has 0 aliphatic carbocycles. The number of imidazole rings is 1. The number of aliphatic hydroxyl groups is 1. The molecule has 2 aromatic rings. The fourth-order valence-corrected chi connectivity index (χ4v) is 3.03. The van der Waals surface area contributed by atoms with Gasteiger partial charge in [-0.25, -0.2) is 4.98 Å². The molecule has 0 unspecified atom stereocenters. The lowest BCUT2D eigenvalue weighted by Crippen LogP contribution is -2.30. The smallest absolute Gasteiger partial charge is 0.194 e. The van der Waals surface area contributed by atoms with Crippen LogP contribution in [0.5, 0.6) is 0 Å². The standard InChI is InChI=1S/C13H21N3O2S/c1-10-8-16-12(11(2)14-13(16)19-10)9-15(4-6-17)5-7-18-3/h8,17H,4-7,9H2,1-3H3. The van der Waals surface area contributed by atoms with Crippen LogP contribution in [0.1, 0.15) is 16.3 Å². The largest absolute Gasteiger partial charge is 0.395 e. The van der Waals surface area contributed by atoms with Crippen LogP contribution in [-0.4, -0.2) is 52.8 Å². The van der Waals surface area contributed by atoms with Crippen LogP contribution in [0.4, 0.5) is 0 Å². The average molecular weight is 283 g/mol. The summed E-state index contributed by atoms with van der Waals surface area (Å²) in [4.78, 5) is 9.08. The third-order valence-corrected chi connectivity index (χ3v) is 4.04. The zero-order valence-electron chi connectivity index (χ0n) is 11.7. The average Bonchev–Trinajstić information content (AvgIpc) is 2.84. The maximum absolute atomic E-state index is 9.15. The van der Waals surface area contributed by atoms with Crippen LogP contribution in [0.3, 0.4) is 0 Å². The molecule has 0 atom stereocenters. The van der Waals surface area contributed by atoms with Gasteiger partial charge in [-0.15, -0.1) is 11.3 Å². The molecule has 0 fully saturated rings. The minimum Gasteiger partial charge on any atom is -0.395 e. The highest BCUT2D eigenvalue weighted by Gasteiger charge is 2.14. The van der Waals surface area contributed by atoms with Gasteiger partial charge in [0, 0.05) is 37.8 Å². The van der Waals surface area contributed by atoms with E-state index in [0.29, 0.717) is 13.2 Å². The maximum Gasteiger partial charge on any atom is 0.194 e. The van der Waals surface area contributed by atoms with Crippen molar-refractivity contribution in [3.05, 3.63) is 22.5 Å². The first-order valence-corrected chi connectivity index (χ1v) is 7.23. The summed E-state index contributed by atoms with van der Waals surface area (Å²) >= 11 is 1.70. The van der Waals surface area contributed by atoms with Crippen LogP contribution < -0.4 is 0 Å². The molecule has 0 saturated heterocycles. The molecule has 0 aliphatic heterocycles. The summed E-state index contributed by atoms with van der Waals surface area (Å²) in [6.07, 6.45) is 2.13. The van der Waals surface area contributed by atoms with Gasteiger partial charge in [-0.1, -0.05) is 0 Å². The summed E-state index contributed by atoms with van der Waals surface area (Å²) < 4.78 is 7.28. The van der Waals surface area contributed by atoms with Crippen molar-refractivity contribution in [1.29, 1.82) is 0 Å². The van der Waals surface area contributed by atoms with Gasteiger partial charge in [-0.3, -0.25) is 9.30 Å². The first-order valence-electron chi connectivity index (χ1n) is 6.41. The highest BCUT2D eigenvalue weighted by Crippen LogP contribution is 2.21. The first kappa shape index (κ1) is 14.5. The van der Waals surface area contributed by atoms with E-state index in [2.05, 4.69) is 27.4 Å². The third kappa shape index (κ3) is 3.33. The molecule has 2 rings (SSSR count). The van der Waals surface area contributed by atoms with E-state index in [-0.39, 0.29) is 6.61 Å². The molecule has 0 amide bonds. The maximum atomic E-state index is 9.15. The van der Waals surface area contributed by atoms with Crippen LogP contribution >= 0.6 is 11.3 Å². The number of fused-ring (bicyclic) bond motifs is 1. The number of aromatic nitrogens is 2. The molecular weight excluding hydrogens is 262 g/mol. The molecule has 0 aromatic carbocycles. The summed E-state index contributed by atoms with van der Waals surface area (Å²) in [5, 5.41) is 9.15. The Bertz CT molecular complexity index is 535. The van der Waals surface area contributed by atoms with Crippen LogP contribution in [0.15, 0.2) is 6.20 Å². The minimum atomic E-state index is 0.160. The lowest BCUT2D eigenvalue weighted by atomic mass is 10.3. The zero-order valence-corrected chi connectivity index (χ0v) is 12.5. The van der Waals surface area contributed by atoms with Gasteiger partial charge in [0.2, 0.25) is 0 Å². The number of hydrogen-bond donors (Lipinski definition) is 1. The molecule has 2 heterocycles. The Balaban J connectivity index is 2.19. The van der Waals surface area contributed by atoms with E-state index in [9.17, 15) is 0 Å². The molecule has 0 saturated carbocycles. The second-order valence-corrected chi connectivity index (χ2v) is 5.84. The lowest BCUT2D eigenvalue weighted by molar-refractivity contribution is 0.126. The number of aryl methyl sites for hydroxylation is 2. The topological polar surface area (TPSA) is 50.0 Å². The summed E-state index contributed by atoms with van der Waals surface area (Å²) in [6.45, 7) is 7.21. The predicted molar refractivity (Wildman–Crippen MR) is 76.8 cm³/mol. The number of aliphatic hydroxyl groups excluding tert-OH is 1. The Morgan fingerprint density at radius 3 is 2.89 bits per heavy atom. The van der Waals surface area contributed by atoms with Crippen molar-refractivity contribution in [2.45, 2.75) is 20.4 Å². The molecule has 0 radical (unpaired) electrons. The quantitative estimate of drug-likeness (QED) is 0.835. The number of hydrogen-bond acceptors (Lipinski definition) is 5. The summed E-state index contributed by atoms with van der Waals surface area (Å²) in [6, 6.07) is 0. The van der Waals surface area contributed by atoms with Gasteiger partial charge in [-0.2, -0.15) is 0 Å². The van der Waals surface area contributed by atoms with Crippen molar-refractivity contribution in [3.8, 4) is 0 Å². The third-order valence-electron chi connectivity index (χ3n) is 3.14. The minimum absolute atomic E-state index is 0.160. The van der Waals surface area contributed by atoms with E-state index in [4.69, 9.17) is 9.84 Å². The molecule has 19 heavy (non-hydrogen) atoms. The van der Waals surface area contributed by atoms with Crippen LogP contribution in [0, 0.1) is 13.8 Å². The Hall–Kier alpha value is -0.950. The summed E-state index contributed by atoms with van der Waals surface area (Å²) in [5.41, 5.74) is 2.26. The molecular formula is C13H21N3O2S. The molecule has 0 bridgehead atoms. The second-order valence-electron chi connectivity index (χ2n) is 4.63. The van der Waals surface area contributed by atoms with Crippen molar-refractivity contribution in [1.82, 2.24) is 14.3 Å². The van der Waals surface area contributed by atoms with Crippen molar-refractivity contribution in [2.24, 2.45) is 0 Å². The number of methoxy groups -OCH3 is 1. The number of rotatable bonds is 7. The molecule has 0 spiro atoms. The van der Waals surface area contributed by atoms with Gasteiger partial charge in [-0.05, 0) is 13.8 Å². The van der Waals surface area contributed by atoms with Gasteiger partial charge < -0.3 is 9.84 Å². The number of nitrogens with zero attached hydrogens (tertiary/aromatic N) is 3. The summed E-state index contributed by atoms with van der Waals surface area (Å²) in [5.74, 6) is 0. The van der Waals surface area contributed by atoms with Crippen LogP contribution in [0.2, 0.25) is 0 Å². The molecule has 0 aliphatic rings. The van der Waals surface area contributed by atoms with Gasteiger partial charge in [0.1, 0.15) is 0 Å². The first-order chi connectivity index (χ1) is 9.15. The van der Waals surface area contributed by atoms with Gasteiger partial charge in [0.25, 0.3) is 0 Å². The van der Waals surface area contributed by atoms with Crippen molar-refractivity contribution >= 4 is 16.3 Å². The highest BCUT2D eigenvalue weighted by atomic mass is 32.1. The van der Waals surface area contributed by atoms with Crippen LogP contribution in [0.25, 0.3) is 4.96 Å². The fraction of sp³-hybridized carbons (Fsp3) is 0.615. The monoisotopic (exact) mass is 283 g/mol. The Kier molecular flexibility index (Phi) is 4.93. The highest BCUT2D eigenvalue weighted by molar-refractivity contribution is 7.17. The second kappa shape index (κ2) is 6.47. The molecule has 2 aromatic heterocycles. The zero-order chi connectivity index (χ0) is 13.8. The predicted octanol–water partition coefficient (Wildman–Crippen LogP) is 1.45. The van der Waals surface area contributed by atoms with E-state index in [1.54, 1.807) is 18.4 Å². The van der Waals surface area contributed by atoms with E-state index in [0.717, 1.165) is 23.7 Å². The molecule has 6 heteroatoms. The van der Waals surface area contributed by atoms with Crippen molar-refractivity contribution < 1.29 is 9.84 Å². The Morgan fingerprint density at radius 1 is 1.42 bits per heavy atom. The molecule has 106 valence electrons. The molecule has 5 nitrogen and oxygen atoms in total. The van der Waals surface area contributed by atoms with Gasteiger partial charge >= 0.3 is 0 Å². The van der Waals surface area contributed by atoms with Crippen molar-refractivity contribution in [3.63, 3.8) is 0 Å². The Labute approximate surface area is 117 Å². The van der Waals surface area contributed by atoms with Crippen LogP contribution in [-0.2, 0) is 11.3 Å². The van der Waals surface area contributed by atoms with E-state index < -0.39 is 0 Å². The number of ether oxygens (including phenoxy) is 1. The number of thiazole rings is 1. The molecule has 1 N–H and O–H groups in total. The van der Waals surface area contributed by atoms with Gasteiger partial charge in [0.15, 0.2) is 4.96 Å². The van der Waals surface area contributed by atoms with Gasteiger partial charge in [0.05, 0.1) is 24.6 Å². The fourth-order valence-electron chi connectivity index (χ4n) is 2.14. The summed E-state index contributed by atoms with van der Waals surface area (Å²) in [7, 11) is 1.70. The van der Waals surface area contributed by atoms with Crippen molar-refractivity contribution in [2.75, 3.05) is 33.4 Å². The van der Waals surface area contributed by atoms with E-state index in [1.165, 1.54) is 10.6 Å². The lowest BCUT2D eigenvalue weighted by Gasteiger charge is -2.20. The van der Waals surface area contributed by atoms with E-state index >= 15 is 0 Å². The SMILES string of the molecule is COCCN(CCO)Cc1c(C)nc2sc(C)cn12. The van der Waals surface area contributed by atoms with E-state index in [1.807, 2.05) is 6.92 Å². The normalized spacial score (nSPS) is 11.8. The Morgan fingerprint density at radius 2 is 2.21 bits per heavy atom.